The van der Waals surface area contributed by atoms with Gasteiger partial charge in [0.15, 0.2) is 0 Å². The molecule has 0 spiro atoms. The van der Waals surface area contributed by atoms with E-state index in [-0.39, 0.29) is 0 Å². The molecule has 0 amide bonds. The summed E-state index contributed by atoms with van der Waals surface area (Å²) in [6.07, 6.45) is 0. The number of benzene rings is 2. The number of hydrogen-bond donors (Lipinski definition) is 2. The minimum absolute atomic E-state index is 0.722. The van der Waals surface area contributed by atoms with Crippen LogP contribution < -0.4 is 5.73 Å². The molecule has 0 heterocycles. The van der Waals surface area contributed by atoms with Crippen molar-refractivity contribution in [2.24, 2.45) is 0 Å². The highest BCUT2D eigenvalue weighted by molar-refractivity contribution is 7.80. The van der Waals surface area contributed by atoms with Crippen LogP contribution in [0.5, 0.6) is 0 Å². The van der Waals surface area contributed by atoms with Crippen LogP contribution in [0.3, 0.4) is 0 Å². The molecule has 0 atom stereocenters. The van der Waals surface area contributed by atoms with E-state index in [2.05, 4.69) is 44.7 Å². The van der Waals surface area contributed by atoms with Crippen LogP contribution in [-0.2, 0) is 0 Å². The molecule has 2 aromatic carbocycles. The first-order chi connectivity index (χ1) is 7.56. The van der Waals surface area contributed by atoms with Gasteiger partial charge in [-0.25, -0.2) is 0 Å². The van der Waals surface area contributed by atoms with E-state index in [4.69, 9.17) is 5.73 Å². The third-order valence-electron chi connectivity index (χ3n) is 2.58. The molecule has 2 heteroatoms. The van der Waals surface area contributed by atoms with Gasteiger partial charge in [-0.05, 0) is 37.1 Å². The van der Waals surface area contributed by atoms with E-state index in [0.29, 0.717) is 0 Å². The lowest BCUT2D eigenvalue weighted by Gasteiger charge is -2.07. The lowest BCUT2D eigenvalue weighted by atomic mass is 10.0. The second-order valence-electron chi connectivity index (χ2n) is 4.15. The molecule has 0 saturated carbocycles. The lowest BCUT2D eigenvalue weighted by molar-refractivity contribution is 1.38. The molecule has 1 nitrogen and oxygen atoms in total. The fourth-order valence-corrected chi connectivity index (χ4v) is 2.01. The summed E-state index contributed by atoms with van der Waals surface area (Å²) in [6.45, 7) is 4.21. The Balaban J connectivity index is 2.54. The van der Waals surface area contributed by atoms with E-state index in [1.807, 2.05) is 18.2 Å². The van der Waals surface area contributed by atoms with Crippen LogP contribution in [-0.4, -0.2) is 0 Å². The SMILES string of the molecule is Cc1cc(C)cc(-c2ccc(S)c(N)c2)c1. The van der Waals surface area contributed by atoms with Crippen LogP contribution in [0.4, 0.5) is 5.69 Å². The number of nitrogen functional groups attached to an aromatic ring is 1. The van der Waals surface area contributed by atoms with Gasteiger partial charge < -0.3 is 5.73 Å². The molecular formula is C14H15NS. The summed E-state index contributed by atoms with van der Waals surface area (Å²) in [7, 11) is 0. The van der Waals surface area contributed by atoms with E-state index in [1.165, 1.54) is 16.7 Å². The Morgan fingerprint density at radius 1 is 0.875 bits per heavy atom. The number of anilines is 1. The van der Waals surface area contributed by atoms with Crippen molar-refractivity contribution in [3.63, 3.8) is 0 Å². The Bertz CT molecular complexity index is 512. The van der Waals surface area contributed by atoms with Crippen molar-refractivity contribution in [2.45, 2.75) is 18.7 Å². The largest absolute Gasteiger partial charge is 0.398 e. The van der Waals surface area contributed by atoms with Crippen molar-refractivity contribution in [1.29, 1.82) is 0 Å². The Labute approximate surface area is 102 Å². The zero-order chi connectivity index (χ0) is 11.7. The third kappa shape index (κ3) is 2.22. The molecule has 82 valence electrons. The van der Waals surface area contributed by atoms with Gasteiger partial charge in [-0.3, -0.25) is 0 Å². The molecule has 0 aliphatic heterocycles. The van der Waals surface area contributed by atoms with Crippen molar-refractivity contribution in [3.8, 4) is 11.1 Å². The van der Waals surface area contributed by atoms with Crippen LogP contribution in [0.15, 0.2) is 41.3 Å². The Morgan fingerprint density at radius 2 is 1.50 bits per heavy atom. The molecule has 0 aromatic heterocycles. The third-order valence-corrected chi connectivity index (χ3v) is 2.99. The Morgan fingerprint density at radius 3 is 2.06 bits per heavy atom. The fourth-order valence-electron chi connectivity index (χ4n) is 1.88. The average molecular weight is 229 g/mol. The van der Waals surface area contributed by atoms with E-state index in [0.717, 1.165) is 16.1 Å². The van der Waals surface area contributed by atoms with Crippen molar-refractivity contribution in [3.05, 3.63) is 47.5 Å². The normalized spacial score (nSPS) is 10.4. The average Bonchev–Trinajstić information content (AvgIpc) is 2.20. The summed E-state index contributed by atoms with van der Waals surface area (Å²) < 4.78 is 0. The molecule has 2 aromatic rings. The molecule has 0 radical (unpaired) electrons. The van der Waals surface area contributed by atoms with Crippen molar-refractivity contribution < 1.29 is 0 Å². The predicted molar refractivity (Wildman–Crippen MR) is 73.0 cm³/mol. The predicted octanol–water partition coefficient (Wildman–Crippen LogP) is 3.84. The summed E-state index contributed by atoms with van der Waals surface area (Å²) in [4.78, 5) is 0.827. The maximum Gasteiger partial charge on any atom is 0.0455 e. The Hall–Kier alpha value is -1.41. The number of nitrogens with two attached hydrogens (primary N) is 1. The molecular weight excluding hydrogens is 214 g/mol. The van der Waals surface area contributed by atoms with Crippen LogP contribution in [0.25, 0.3) is 11.1 Å². The van der Waals surface area contributed by atoms with Gasteiger partial charge in [0.05, 0.1) is 0 Å². The van der Waals surface area contributed by atoms with Crippen molar-refractivity contribution in [1.82, 2.24) is 0 Å². The first-order valence-electron chi connectivity index (χ1n) is 5.23. The molecule has 0 aliphatic carbocycles. The maximum absolute atomic E-state index is 5.86. The number of rotatable bonds is 1. The molecule has 2 N–H and O–H groups in total. The fraction of sp³-hybridized carbons (Fsp3) is 0.143. The number of aryl methyl sites for hydroxylation is 2. The summed E-state index contributed by atoms with van der Waals surface area (Å²) in [5, 5.41) is 0. The topological polar surface area (TPSA) is 26.0 Å². The monoisotopic (exact) mass is 229 g/mol. The van der Waals surface area contributed by atoms with Gasteiger partial charge in [0.25, 0.3) is 0 Å². The molecule has 0 fully saturated rings. The zero-order valence-electron chi connectivity index (χ0n) is 9.49. The molecule has 16 heavy (non-hydrogen) atoms. The summed E-state index contributed by atoms with van der Waals surface area (Å²) >= 11 is 4.27. The van der Waals surface area contributed by atoms with Crippen LogP contribution >= 0.6 is 12.6 Å². The van der Waals surface area contributed by atoms with Gasteiger partial charge in [0.1, 0.15) is 0 Å². The highest BCUT2D eigenvalue weighted by atomic mass is 32.1. The lowest BCUT2D eigenvalue weighted by Crippen LogP contribution is -1.89. The molecule has 0 bridgehead atoms. The van der Waals surface area contributed by atoms with Gasteiger partial charge in [0, 0.05) is 10.6 Å². The molecule has 0 unspecified atom stereocenters. The van der Waals surface area contributed by atoms with Crippen molar-refractivity contribution >= 4 is 18.3 Å². The maximum atomic E-state index is 5.86. The number of hydrogen-bond acceptors (Lipinski definition) is 2. The second kappa shape index (κ2) is 4.22. The first kappa shape index (κ1) is 11.1. The van der Waals surface area contributed by atoms with Crippen LogP contribution in [0.1, 0.15) is 11.1 Å². The Kier molecular flexibility index (Phi) is 2.92. The van der Waals surface area contributed by atoms with E-state index in [1.54, 1.807) is 0 Å². The van der Waals surface area contributed by atoms with E-state index in [9.17, 15) is 0 Å². The zero-order valence-corrected chi connectivity index (χ0v) is 10.4. The first-order valence-corrected chi connectivity index (χ1v) is 5.68. The van der Waals surface area contributed by atoms with Crippen LogP contribution in [0, 0.1) is 13.8 Å². The van der Waals surface area contributed by atoms with Gasteiger partial charge >= 0.3 is 0 Å². The van der Waals surface area contributed by atoms with E-state index >= 15 is 0 Å². The highest BCUT2D eigenvalue weighted by Crippen LogP contribution is 2.27. The van der Waals surface area contributed by atoms with Crippen molar-refractivity contribution in [2.75, 3.05) is 5.73 Å². The molecule has 2 rings (SSSR count). The summed E-state index contributed by atoms with van der Waals surface area (Å²) in [6, 6.07) is 12.5. The van der Waals surface area contributed by atoms with Gasteiger partial charge in [-0.1, -0.05) is 35.4 Å². The minimum atomic E-state index is 0.722. The minimum Gasteiger partial charge on any atom is -0.398 e. The van der Waals surface area contributed by atoms with Gasteiger partial charge in [-0.15, -0.1) is 12.6 Å². The summed E-state index contributed by atoms with van der Waals surface area (Å²) in [5.41, 5.74) is 11.5. The second-order valence-corrected chi connectivity index (χ2v) is 4.63. The molecule has 0 aliphatic rings. The highest BCUT2D eigenvalue weighted by Gasteiger charge is 2.02. The molecule has 0 saturated heterocycles. The van der Waals surface area contributed by atoms with Crippen LogP contribution in [0.2, 0.25) is 0 Å². The number of thiol groups is 1. The quantitative estimate of drug-likeness (QED) is 0.564. The van der Waals surface area contributed by atoms with Gasteiger partial charge in [-0.2, -0.15) is 0 Å². The van der Waals surface area contributed by atoms with E-state index < -0.39 is 0 Å². The standard InChI is InChI=1S/C14H15NS/c1-9-5-10(2)7-12(6-9)11-3-4-14(16)13(15)8-11/h3-8,16H,15H2,1-2H3. The summed E-state index contributed by atoms with van der Waals surface area (Å²) in [5.74, 6) is 0. The smallest absolute Gasteiger partial charge is 0.0455 e. The van der Waals surface area contributed by atoms with Gasteiger partial charge in [0.2, 0.25) is 0 Å².